The van der Waals surface area contributed by atoms with Gasteiger partial charge in [0.15, 0.2) is 17.2 Å². The second-order valence-corrected chi connectivity index (χ2v) is 5.56. The van der Waals surface area contributed by atoms with Crippen LogP contribution in [0.3, 0.4) is 0 Å². The molecule has 0 aliphatic carbocycles. The number of nitro groups is 1. The van der Waals surface area contributed by atoms with Crippen LogP contribution in [0.4, 0.5) is 5.69 Å². The highest BCUT2D eigenvalue weighted by Crippen LogP contribution is 2.40. The molecule has 23 heavy (non-hydrogen) atoms. The largest absolute Gasteiger partial charge is 0.504 e. The molecule has 0 fully saturated rings. The number of nitro benzene ring substituents is 1. The summed E-state index contributed by atoms with van der Waals surface area (Å²) in [5.74, 6) is -1.53. The van der Waals surface area contributed by atoms with Gasteiger partial charge in [-0.1, -0.05) is 11.3 Å². The van der Waals surface area contributed by atoms with Crippen molar-refractivity contribution in [3.05, 3.63) is 46.5 Å². The number of aromatic hydroxyl groups is 3. The van der Waals surface area contributed by atoms with Gasteiger partial charge in [0.25, 0.3) is 5.69 Å². The minimum atomic E-state index is -0.603. The van der Waals surface area contributed by atoms with E-state index >= 15 is 0 Å². The lowest BCUT2D eigenvalue weighted by Gasteiger charge is -2.02. The van der Waals surface area contributed by atoms with Gasteiger partial charge in [-0.3, -0.25) is 10.1 Å². The molecule has 0 amide bonds. The standard InChI is InChI=1S/C14H9N3O5S/c18-10-5-8(6-11(19)12(10)20)14-16-15-13(23-14)7-1-3-9(4-2-7)17(21)22/h1-6,18-20H. The van der Waals surface area contributed by atoms with Crippen LogP contribution in [0.2, 0.25) is 0 Å². The third-order valence-electron chi connectivity index (χ3n) is 3.07. The van der Waals surface area contributed by atoms with E-state index in [4.69, 9.17) is 0 Å². The van der Waals surface area contributed by atoms with Crippen LogP contribution in [0.5, 0.6) is 17.2 Å². The average Bonchev–Trinajstić information content (AvgIpc) is 3.02. The molecule has 0 saturated carbocycles. The highest BCUT2D eigenvalue weighted by atomic mass is 32.1. The molecule has 2 aromatic carbocycles. The molecule has 8 nitrogen and oxygen atoms in total. The maximum Gasteiger partial charge on any atom is 0.269 e. The van der Waals surface area contributed by atoms with Gasteiger partial charge in [-0.15, -0.1) is 10.2 Å². The van der Waals surface area contributed by atoms with Crippen LogP contribution in [0.15, 0.2) is 36.4 Å². The number of benzene rings is 2. The molecule has 1 heterocycles. The Balaban J connectivity index is 1.96. The summed E-state index contributed by atoms with van der Waals surface area (Å²) in [6.45, 7) is 0. The average molecular weight is 331 g/mol. The molecule has 0 aliphatic rings. The zero-order chi connectivity index (χ0) is 16.6. The predicted octanol–water partition coefficient (Wildman–Crippen LogP) is 2.90. The Bertz CT molecular complexity index is 869. The first-order valence-electron chi connectivity index (χ1n) is 6.29. The van der Waals surface area contributed by atoms with E-state index in [9.17, 15) is 25.4 Å². The summed E-state index contributed by atoms with van der Waals surface area (Å²) < 4.78 is 0. The van der Waals surface area contributed by atoms with Gasteiger partial charge in [-0.05, 0) is 24.3 Å². The minimum absolute atomic E-state index is 0.0214. The van der Waals surface area contributed by atoms with E-state index in [1.807, 2.05) is 0 Å². The van der Waals surface area contributed by atoms with E-state index in [-0.39, 0.29) is 5.69 Å². The van der Waals surface area contributed by atoms with Crippen LogP contribution in [-0.4, -0.2) is 30.4 Å². The van der Waals surface area contributed by atoms with Crippen LogP contribution in [-0.2, 0) is 0 Å². The fourth-order valence-electron chi connectivity index (χ4n) is 1.91. The highest BCUT2D eigenvalue weighted by Gasteiger charge is 2.14. The Morgan fingerprint density at radius 2 is 1.43 bits per heavy atom. The molecular weight excluding hydrogens is 322 g/mol. The first kappa shape index (κ1) is 14.7. The first-order valence-corrected chi connectivity index (χ1v) is 7.11. The molecule has 0 radical (unpaired) electrons. The molecule has 0 spiro atoms. The van der Waals surface area contributed by atoms with Gasteiger partial charge in [0.05, 0.1) is 4.92 Å². The van der Waals surface area contributed by atoms with Gasteiger partial charge in [0.2, 0.25) is 0 Å². The van der Waals surface area contributed by atoms with Crippen molar-refractivity contribution in [2.75, 3.05) is 0 Å². The molecule has 116 valence electrons. The number of nitrogens with zero attached hydrogens (tertiary/aromatic N) is 3. The minimum Gasteiger partial charge on any atom is -0.504 e. The number of hydrogen-bond acceptors (Lipinski definition) is 8. The number of phenols is 3. The Hall–Kier alpha value is -3.20. The number of aromatic nitrogens is 2. The Morgan fingerprint density at radius 1 is 0.913 bits per heavy atom. The number of non-ortho nitro benzene ring substituents is 1. The van der Waals surface area contributed by atoms with Crippen molar-refractivity contribution in [3.63, 3.8) is 0 Å². The van der Waals surface area contributed by atoms with Crippen molar-refractivity contribution < 1.29 is 20.2 Å². The van der Waals surface area contributed by atoms with Crippen molar-refractivity contribution in [2.24, 2.45) is 0 Å². The quantitative estimate of drug-likeness (QED) is 0.382. The van der Waals surface area contributed by atoms with Gasteiger partial charge >= 0.3 is 0 Å². The second-order valence-electron chi connectivity index (χ2n) is 4.58. The lowest BCUT2D eigenvalue weighted by molar-refractivity contribution is -0.384. The lowest BCUT2D eigenvalue weighted by Crippen LogP contribution is -1.86. The molecule has 3 rings (SSSR count). The van der Waals surface area contributed by atoms with Crippen molar-refractivity contribution in [3.8, 4) is 38.4 Å². The van der Waals surface area contributed by atoms with Gasteiger partial charge < -0.3 is 15.3 Å². The second kappa shape index (κ2) is 5.54. The maximum atomic E-state index is 10.6. The fraction of sp³-hybridized carbons (Fsp3) is 0. The van der Waals surface area contributed by atoms with Crippen LogP contribution in [0.25, 0.3) is 21.1 Å². The van der Waals surface area contributed by atoms with Crippen LogP contribution < -0.4 is 0 Å². The molecule has 0 bridgehead atoms. The molecular formula is C14H9N3O5S. The van der Waals surface area contributed by atoms with E-state index in [2.05, 4.69) is 10.2 Å². The zero-order valence-corrected chi connectivity index (χ0v) is 12.2. The zero-order valence-electron chi connectivity index (χ0n) is 11.4. The Kier molecular flexibility index (Phi) is 3.54. The number of phenolic OH excluding ortho intramolecular Hbond substituents is 3. The molecule has 0 atom stereocenters. The van der Waals surface area contributed by atoms with E-state index in [1.165, 1.54) is 35.6 Å². The third kappa shape index (κ3) is 2.77. The summed E-state index contributed by atoms with van der Waals surface area (Å²) in [4.78, 5) is 10.2. The Labute approximate surface area is 133 Å². The number of hydrogen-bond donors (Lipinski definition) is 3. The summed E-state index contributed by atoms with van der Waals surface area (Å²) >= 11 is 1.18. The van der Waals surface area contributed by atoms with Crippen molar-refractivity contribution in [1.82, 2.24) is 10.2 Å². The first-order chi connectivity index (χ1) is 11.0. The normalized spacial score (nSPS) is 10.6. The number of rotatable bonds is 3. The molecule has 0 unspecified atom stereocenters. The molecule has 9 heteroatoms. The molecule has 3 N–H and O–H groups in total. The highest BCUT2D eigenvalue weighted by molar-refractivity contribution is 7.17. The fourth-order valence-corrected chi connectivity index (χ4v) is 2.75. The monoisotopic (exact) mass is 331 g/mol. The summed E-state index contributed by atoms with van der Waals surface area (Å²) in [6.07, 6.45) is 0. The summed E-state index contributed by atoms with van der Waals surface area (Å²) in [7, 11) is 0. The van der Waals surface area contributed by atoms with Gasteiger partial charge in [0, 0.05) is 23.3 Å². The van der Waals surface area contributed by atoms with Crippen molar-refractivity contribution in [1.29, 1.82) is 0 Å². The van der Waals surface area contributed by atoms with E-state index < -0.39 is 22.2 Å². The Morgan fingerprint density at radius 3 is 1.96 bits per heavy atom. The third-order valence-corrected chi connectivity index (χ3v) is 4.09. The summed E-state index contributed by atoms with van der Waals surface area (Å²) in [5.41, 5.74) is 1.03. The van der Waals surface area contributed by atoms with Crippen molar-refractivity contribution >= 4 is 17.0 Å². The maximum absolute atomic E-state index is 10.6. The topological polar surface area (TPSA) is 130 Å². The summed E-state index contributed by atoms with van der Waals surface area (Å²) in [6, 6.07) is 8.38. The molecule has 3 aromatic rings. The lowest BCUT2D eigenvalue weighted by atomic mass is 10.2. The smallest absolute Gasteiger partial charge is 0.269 e. The molecule has 0 aliphatic heterocycles. The van der Waals surface area contributed by atoms with Gasteiger partial charge in [0.1, 0.15) is 10.0 Å². The SMILES string of the molecule is O=[N+]([O-])c1ccc(-c2nnc(-c3cc(O)c(O)c(O)c3)s2)cc1. The van der Waals surface area contributed by atoms with E-state index in [1.54, 1.807) is 12.1 Å². The van der Waals surface area contributed by atoms with Crippen LogP contribution in [0.1, 0.15) is 0 Å². The van der Waals surface area contributed by atoms with Crippen LogP contribution in [0, 0.1) is 10.1 Å². The van der Waals surface area contributed by atoms with Gasteiger partial charge in [-0.25, -0.2) is 0 Å². The molecule has 0 saturated heterocycles. The predicted molar refractivity (Wildman–Crippen MR) is 82.4 cm³/mol. The van der Waals surface area contributed by atoms with Crippen LogP contribution >= 0.6 is 11.3 Å². The van der Waals surface area contributed by atoms with Gasteiger partial charge in [-0.2, -0.15) is 0 Å². The van der Waals surface area contributed by atoms with E-state index in [0.29, 0.717) is 21.1 Å². The molecule has 1 aromatic heterocycles. The van der Waals surface area contributed by atoms with Crippen molar-refractivity contribution in [2.45, 2.75) is 0 Å². The summed E-state index contributed by atoms with van der Waals surface area (Å²) in [5, 5.41) is 48.0. The van der Waals surface area contributed by atoms with E-state index in [0.717, 1.165) is 0 Å².